The first kappa shape index (κ1) is 17.6. The molecule has 2 N–H and O–H groups in total. The molecule has 2 heterocycles. The first-order chi connectivity index (χ1) is 12.1. The number of benzene rings is 1. The first-order valence-corrected chi connectivity index (χ1v) is 9.37. The average Bonchev–Trinajstić information content (AvgIpc) is 3.08. The van der Waals surface area contributed by atoms with E-state index in [4.69, 9.17) is 5.73 Å². The lowest BCUT2D eigenvalue weighted by molar-refractivity contribution is -0.133. The number of amides is 2. The molecule has 5 nitrogen and oxygen atoms in total. The monoisotopic (exact) mass is 357 g/mol. The number of hydrogen-bond acceptors (Lipinski definition) is 4. The third kappa shape index (κ3) is 4.90. The first-order valence-electron chi connectivity index (χ1n) is 8.49. The molecule has 2 aromatic rings. The van der Waals surface area contributed by atoms with E-state index in [1.807, 2.05) is 40.1 Å². The number of thiophene rings is 1. The van der Waals surface area contributed by atoms with Crippen LogP contribution in [0.3, 0.4) is 0 Å². The number of carbonyl (C=O) groups excluding carboxylic acids is 2. The van der Waals surface area contributed by atoms with E-state index in [0.29, 0.717) is 26.2 Å². The van der Waals surface area contributed by atoms with Crippen LogP contribution in [0.5, 0.6) is 0 Å². The van der Waals surface area contributed by atoms with Crippen LogP contribution in [-0.4, -0.2) is 41.2 Å². The number of carbonyl (C=O) groups is 2. The van der Waals surface area contributed by atoms with E-state index in [1.165, 1.54) is 10.4 Å². The number of rotatable bonds is 7. The summed E-state index contributed by atoms with van der Waals surface area (Å²) >= 11 is 1.77. The van der Waals surface area contributed by atoms with Gasteiger partial charge in [0, 0.05) is 37.5 Å². The van der Waals surface area contributed by atoms with Crippen LogP contribution in [0.4, 0.5) is 0 Å². The van der Waals surface area contributed by atoms with Gasteiger partial charge in [-0.15, -0.1) is 11.3 Å². The van der Waals surface area contributed by atoms with Crippen molar-refractivity contribution in [1.29, 1.82) is 0 Å². The summed E-state index contributed by atoms with van der Waals surface area (Å²) in [7, 11) is 0. The fraction of sp³-hybridized carbons (Fsp3) is 0.368. The Balaban J connectivity index is 1.62. The maximum atomic E-state index is 12.7. The molecule has 0 saturated carbocycles. The molecule has 0 spiro atoms. The molecule has 0 bridgehead atoms. The van der Waals surface area contributed by atoms with Gasteiger partial charge in [-0.25, -0.2) is 0 Å². The molecule has 0 saturated heterocycles. The highest BCUT2D eigenvalue weighted by molar-refractivity contribution is 7.10. The van der Waals surface area contributed by atoms with Crippen molar-refractivity contribution in [3.8, 4) is 0 Å². The van der Waals surface area contributed by atoms with Crippen LogP contribution < -0.4 is 5.73 Å². The molecule has 0 unspecified atom stereocenters. The van der Waals surface area contributed by atoms with E-state index >= 15 is 0 Å². The average molecular weight is 357 g/mol. The highest BCUT2D eigenvalue weighted by atomic mass is 32.1. The van der Waals surface area contributed by atoms with Gasteiger partial charge in [-0.3, -0.25) is 14.5 Å². The maximum Gasteiger partial charge on any atom is 0.237 e. The van der Waals surface area contributed by atoms with E-state index in [9.17, 15) is 9.59 Å². The molecule has 2 amide bonds. The van der Waals surface area contributed by atoms with Crippen molar-refractivity contribution in [2.24, 2.45) is 5.73 Å². The van der Waals surface area contributed by atoms with Gasteiger partial charge in [0.05, 0.1) is 6.54 Å². The second-order valence-electron chi connectivity index (χ2n) is 6.35. The van der Waals surface area contributed by atoms with Crippen molar-refractivity contribution in [2.45, 2.75) is 25.9 Å². The molecule has 1 aromatic heterocycles. The SMILES string of the molecule is NC(=O)CCN(CC(=O)N1CCc2sccc2C1)Cc1ccccc1. The largest absolute Gasteiger partial charge is 0.370 e. The summed E-state index contributed by atoms with van der Waals surface area (Å²) < 4.78 is 0. The van der Waals surface area contributed by atoms with Crippen LogP contribution in [0.25, 0.3) is 0 Å². The molecule has 0 radical (unpaired) electrons. The van der Waals surface area contributed by atoms with Crippen LogP contribution >= 0.6 is 11.3 Å². The summed E-state index contributed by atoms with van der Waals surface area (Å²) in [5.74, 6) is -0.233. The van der Waals surface area contributed by atoms with Gasteiger partial charge in [-0.1, -0.05) is 30.3 Å². The number of nitrogens with two attached hydrogens (primary N) is 1. The molecule has 3 rings (SSSR count). The number of primary amides is 1. The van der Waals surface area contributed by atoms with Crippen LogP contribution in [0.1, 0.15) is 22.4 Å². The van der Waals surface area contributed by atoms with Gasteiger partial charge in [-0.05, 0) is 29.0 Å². The fourth-order valence-corrected chi connectivity index (χ4v) is 3.97. The second kappa shape index (κ2) is 8.27. The van der Waals surface area contributed by atoms with Gasteiger partial charge >= 0.3 is 0 Å². The predicted octanol–water partition coefficient (Wildman–Crippen LogP) is 2.01. The second-order valence-corrected chi connectivity index (χ2v) is 7.35. The van der Waals surface area contributed by atoms with Crippen LogP contribution in [0.2, 0.25) is 0 Å². The Morgan fingerprint density at radius 2 is 2.00 bits per heavy atom. The van der Waals surface area contributed by atoms with Crippen molar-refractivity contribution in [3.63, 3.8) is 0 Å². The van der Waals surface area contributed by atoms with E-state index in [2.05, 4.69) is 11.4 Å². The van der Waals surface area contributed by atoms with Crippen molar-refractivity contribution in [1.82, 2.24) is 9.80 Å². The highest BCUT2D eigenvalue weighted by Gasteiger charge is 2.23. The summed E-state index contributed by atoms with van der Waals surface area (Å²) in [6.07, 6.45) is 1.19. The molecule has 132 valence electrons. The maximum absolute atomic E-state index is 12.7. The van der Waals surface area contributed by atoms with Crippen molar-refractivity contribution >= 4 is 23.2 Å². The Morgan fingerprint density at radius 1 is 1.20 bits per heavy atom. The topological polar surface area (TPSA) is 66.6 Å². The molecular weight excluding hydrogens is 334 g/mol. The highest BCUT2D eigenvalue weighted by Crippen LogP contribution is 2.24. The minimum absolute atomic E-state index is 0.109. The van der Waals surface area contributed by atoms with E-state index < -0.39 is 0 Å². The van der Waals surface area contributed by atoms with Gasteiger partial charge in [0.1, 0.15) is 0 Å². The molecule has 0 aliphatic carbocycles. The van der Waals surface area contributed by atoms with Gasteiger partial charge in [0.25, 0.3) is 0 Å². The van der Waals surface area contributed by atoms with Gasteiger partial charge in [-0.2, -0.15) is 0 Å². The summed E-state index contributed by atoms with van der Waals surface area (Å²) in [6, 6.07) is 12.1. The summed E-state index contributed by atoms with van der Waals surface area (Å²) in [5, 5.41) is 2.09. The third-order valence-corrected chi connectivity index (χ3v) is 5.47. The Morgan fingerprint density at radius 3 is 2.76 bits per heavy atom. The van der Waals surface area contributed by atoms with Crippen molar-refractivity contribution in [2.75, 3.05) is 19.6 Å². The van der Waals surface area contributed by atoms with E-state index in [0.717, 1.165) is 18.5 Å². The normalized spacial score (nSPS) is 13.7. The van der Waals surface area contributed by atoms with Crippen LogP contribution in [0.15, 0.2) is 41.8 Å². The predicted molar refractivity (Wildman–Crippen MR) is 99.0 cm³/mol. The molecule has 1 aliphatic rings. The van der Waals surface area contributed by atoms with Crippen molar-refractivity contribution in [3.05, 3.63) is 57.8 Å². The van der Waals surface area contributed by atoms with Gasteiger partial charge < -0.3 is 10.6 Å². The minimum Gasteiger partial charge on any atom is -0.370 e. The van der Waals surface area contributed by atoms with E-state index in [1.54, 1.807) is 11.3 Å². The molecule has 6 heteroatoms. The number of nitrogens with zero attached hydrogens (tertiary/aromatic N) is 2. The quantitative estimate of drug-likeness (QED) is 0.824. The summed E-state index contributed by atoms with van der Waals surface area (Å²) in [6.45, 7) is 2.89. The Bertz CT molecular complexity index is 729. The Labute approximate surface area is 152 Å². The summed E-state index contributed by atoms with van der Waals surface area (Å²) in [4.78, 5) is 29.2. The zero-order valence-electron chi connectivity index (χ0n) is 14.2. The molecule has 1 aliphatic heterocycles. The number of fused-ring (bicyclic) bond motifs is 1. The van der Waals surface area contributed by atoms with Crippen LogP contribution in [-0.2, 0) is 29.1 Å². The van der Waals surface area contributed by atoms with Gasteiger partial charge in [0.2, 0.25) is 11.8 Å². The Kier molecular flexibility index (Phi) is 5.83. The standard InChI is InChI=1S/C19H23N3O2S/c20-18(23)7-9-21(12-15-4-2-1-3-5-15)14-19(24)22-10-6-17-16(13-22)8-11-25-17/h1-5,8,11H,6-7,9-10,12-14H2,(H2,20,23). The number of hydrogen-bond donors (Lipinski definition) is 1. The minimum atomic E-state index is -0.341. The molecular formula is C19H23N3O2S. The lowest BCUT2D eigenvalue weighted by Gasteiger charge is -2.30. The molecule has 0 atom stereocenters. The van der Waals surface area contributed by atoms with E-state index in [-0.39, 0.29) is 18.2 Å². The zero-order chi connectivity index (χ0) is 17.6. The fourth-order valence-electron chi connectivity index (χ4n) is 3.08. The third-order valence-electron chi connectivity index (χ3n) is 4.44. The lowest BCUT2D eigenvalue weighted by atomic mass is 10.1. The van der Waals surface area contributed by atoms with Crippen LogP contribution in [0, 0.1) is 0 Å². The molecule has 25 heavy (non-hydrogen) atoms. The molecule has 1 aromatic carbocycles. The zero-order valence-corrected chi connectivity index (χ0v) is 15.0. The lowest BCUT2D eigenvalue weighted by Crippen LogP contribution is -2.43. The summed E-state index contributed by atoms with van der Waals surface area (Å²) in [5.41, 5.74) is 7.67. The van der Waals surface area contributed by atoms with Crippen molar-refractivity contribution < 1.29 is 9.59 Å². The molecule has 0 fully saturated rings. The Hall–Kier alpha value is -2.18. The van der Waals surface area contributed by atoms with Gasteiger partial charge in [0.15, 0.2) is 0 Å². The smallest absolute Gasteiger partial charge is 0.237 e.